The molecule has 5 nitrogen and oxygen atoms in total. The lowest BCUT2D eigenvalue weighted by Gasteiger charge is -2.28. The molecule has 136 valence electrons. The molecule has 0 unspecified atom stereocenters. The molecule has 0 N–H and O–H groups in total. The highest BCUT2D eigenvalue weighted by molar-refractivity contribution is 5.87. The maximum absolute atomic E-state index is 9.31. The molecule has 0 fully saturated rings. The van der Waals surface area contributed by atoms with E-state index in [0.29, 0.717) is 11.5 Å². The molecule has 0 radical (unpaired) electrons. The van der Waals surface area contributed by atoms with Crippen LogP contribution in [0.2, 0.25) is 0 Å². The van der Waals surface area contributed by atoms with E-state index in [1.54, 1.807) is 0 Å². The van der Waals surface area contributed by atoms with E-state index in [1.807, 2.05) is 41.2 Å². The van der Waals surface area contributed by atoms with Crippen LogP contribution in [0.25, 0.3) is 16.9 Å². The highest BCUT2D eigenvalue weighted by Gasteiger charge is 2.19. The Morgan fingerprint density at radius 3 is 2.79 bits per heavy atom. The van der Waals surface area contributed by atoms with Gasteiger partial charge in [0.2, 0.25) is 5.95 Å². The third kappa shape index (κ3) is 2.94. The van der Waals surface area contributed by atoms with Gasteiger partial charge in [-0.2, -0.15) is 5.26 Å². The van der Waals surface area contributed by atoms with Crippen LogP contribution in [-0.4, -0.2) is 26.0 Å². The Labute approximate surface area is 163 Å². The van der Waals surface area contributed by atoms with Crippen molar-refractivity contribution in [3.8, 4) is 12.0 Å². The first-order valence-corrected chi connectivity index (χ1v) is 9.43. The molecule has 4 aromatic rings. The van der Waals surface area contributed by atoms with E-state index in [1.165, 1.54) is 11.1 Å². The van der Waals surface area contributed by atoms with Gasteiger partial charge >= 0.3 is 0 Å². The van der Waals surface area contributed by atoms with Crippen molar-refractivity contribution in [3.63, 3.8) is 0 Å². The van der Waals surface area contributed by atoms with Crippen LogP contribution >= 0.6 is 0 Å². The number of hydrogen-bond donors (Lipinski definition) is 0. The van der Waals surface area contributed by atoms with E-state index >= 15 is 0 Å². The van der Waals surface area contributed by atoms with Crippen molar-refractivity contribution in [2.24, 2.45) is 0 Å². The number of aromatic nitrogens is 3. The minimum atomic E-state index is 0.667. The van der Waals surface area contributed by atoms with Crippen molar-refractivity contribution in [3.05, 3.63) is 89.4 Å². The summed E-state index contributed by atoms with van der Waals surface area (Å²) >= 11 is 0. The average Bonchev–Trinajstić information content (AvgIpc) is 3.18. The van der Waals surface area contributed by atoms with E-state index in [4.69, 9.17) is 4.98 Å². The summed E-state index contributed by atoms with van der Waals surface area (Å²) in [6, 6.07) is 20.5. The fourth-order valence-electron chi connectivity index (χ4n) is 3.90. The van der Waals surface area contributed by atoms with Crippen LogP contribution in [0.4, 0.5) is 0 Å². The molecule has 0 saturated heterocycles. The Balaban J connectivity index is 1.43. The van der Waals surface area contributed by atoms with Crippen molar-refractivity contribution in [2.75, 3.05) is 6.54 Å². The first-order valence-electron chi connectivity index (χ1n) is 9.43. The summed E-state index contributed by atoms with van der Waals surface area (Å²) in [7, 11) is 0. The van der Waals surface area contributed by atoms with Crippen molar-refractivity contribution in [1.82, 2.24) is 19.4 Å². The van der Waals surface area contributed by atoms with Gasteiger partial charge in [-0.25, -0.2) is 9.97 Å². The van der Waals surface area contributed by atoms with Crippen molar-refractivity contribution >= 4 is 10.9 Å². The Hall–Kier alpha value is -3.49. The molecule has 0 amide bonds. The van der Waals surface area contributed by atoms with Gasteiger partial charge in [-0.15, -0.1) is 0 Å². The standard InChI is InChI=1S/C23H19N5/c24-13-18-7-4-8-22-20(18)9-12-28(22)23-25-14-19-16-27(11-10-21(19)26-23)15-17-5-2-1-3-6-17/h1-9,12,14H,10-11,15-16H2. The zero-order valence-corrected chi connectivity index (χ0v) is 15.4. The van der Waals surface area contributed by atoms with E-state index in [2.05, 4.69) is 46.3 Å². The molecule has 0 saturated carbocycles. The molecule has 5 rings (SSSR count). The molecule has 2 aromatic carbocycles. The van der Waals surface area contributed by atoms with E-state index < -0.39 is 0 Å². The molecule has 3 heterocycles. The third-order valence-corrected chi connectivity index (χ3v) is 5.32. The van der Waals surface area contributed by atoms with Gasteiger partial charge in [-0.1, -0.05) is 36.4 Å². The minimum absolute atomic E-state index is 0.667. The quantitative estimate of drug-likeness (QED) is 0.553. The Morgan fingerprint density at radius 2 is 1.93 bits per heavy atom. The van der Waals surface area contributed by atoms with E-state index in [0.717, 1.165) is 42.7 Å². The van der Waals surface area contributed by atoms with E-state index in [9.17, 15) is 5.26 Å². The largest absolute Gasteiger partial charge is 0.294 e. The fraction of sp³-hybridized carbons (Fsp3) is 0.174. The molecule has 0 aliphatic carbocycles. The number of hydrogen-bond acceptors (Lipinski definition) is 4. The minimum Gasteiger partial charge on any atom is -0.294 e. The van der Waals surface area contributed by atoms with Gasteiger partial charge in [-0.05, 0) is 23.8 Å². The van der Waals surface area contributed by atoms with Crippen molar-refractivity contribution in [2.45, 2.75) is 19.5 Å². The molecule has 0 spiro atoms. The Morgan fingerprint density at radius 1 is 1.04 bits per heavy atom. The van der Waals surface area contributed by atoms with Gasteiger partial charge in [0.05, 0.1) is 22.8 Å². The lowest BCUT2D eigenvalue weighted by atomic mass is 10.1. The lowest BCUT2D eigenvalue weighted by Crippen LogP contribution is -2.31. The molecule has 1 aliphatic heterocycles. The smallest absolute Gasteiger partial charge is 0.234 e. The fourth-order valence-corrected chi connectivity index (χ4v) is 3.90. The number of fused-ring (bicyclic) bond motifs is 2. The number of rotatable bonds is 3. The van der Waals surface area contributed by atoms with Crippen LogP contribution in [0.15, 0.2) is 67.0 Å². The molecular weight excluding hydrogens is 346 g/mol. The SMILES string of the molecule is N#Cc1cccc2c1ccn2-c1ncc2c(n1)CCN(Cc1ccccc1)C2. The molecule has 0 bridgehead atoms. The Kier molecular flexibility index (Phi) is 4.12. The van der Waals surface area contributed by atoms with Crippen LogP contribution in [0.1, 0.15) is 22.4 Å². The maximum atomic E-state index is 9.31. The van der Waals surface area contributed by atoms with Crippen LogP contribution in [0.5, 0.6) is 0 Å². The summed E-state index contributed by atoms with van der Waals surface area (Å²) in [5, 5.41) is 10.2. The van der Waals surface area contributed by atoms with E-state index in [-0.39, 0.29) is 0 Å². The summed E-state index contributed by atoms with van der Waals surface area (Å²) in [6.45, 7) is 2.81. The highest BCUT2D eigenvalue weighted by atomic mass is 15.2. The van der Waals surface area contributed by atoms with Crippen LogP contribution < -0.4 is 0 Å². The summed E-state index contributed by atoms with van der Waals surface area (Å²) < 4.78 is 1.97. The molecule has 28 heavy (non-hydrogen) atoms. The summed E-state index contributed by atoms with van der Waals surface area (Å²) in [4.78, 5) is 11.9. The molecule has 5 heteroatoms. The number of nitrogens with zero attached hydrogens (tertiary/aromatic N) is 5. The molecule has 0 atom stereocenters. The zero-order chi connectivity index (χ0) is 18.9. The van der Waals surface area contributed by atoms with Gasteiger partial charge < -0.3 is 0 Å². The summed E-state index contributed by atoms with van der Waals surface area (Å²) in [6.07, 6.45) is 4.81. The zero-order valence-electron chi connectivity index (χ0n) is 15.4. The average molecular weight is 365 g/mol. The topological polar surface area (TPSA) is 57.7 Å². The predicted octanol–water partition coefficient (Wildman–Crippen LogP) is 3.85. The van der Waals surface area contributed by atoms with Gasteiger partial charge in [-0.3, -0.25) is 9.47 Å². The van der Waals surface area contributed by atoms with Gasteiger partial charge in [0.1, 0.15) is 0 Å². The Bertz CT molecular complexity index is 1190. The van der Waals surface area contributed by atoms with Gasteiger partial charge in [0, 0.05) is 49.4 Å². The first-order chi connectivity index (χ1) is 13.8. The summed E-state index contributed by atoms with van der Waals surface area (Å²) in [5.41, 5.74) is 5.27. The maximum Gasteiger partial charge on any atom is 0.234 e. The third-order valence-electron chi connectivity index (χ3n) is 5.32. The number of benzene rings is 2. The van der Waals surface area contributed by atoms with Crippen molar-refractivity contribution in [1.29, 1.82) is 5.26 Å². The van der Waals surface area contributed by atoms with Crippen LogP contribution in [0.3, 0.4) is 0 Å². The molecule has 2 aromatic heterocycles. The van der Waals surface area contributed by atoms with Crippen molar-refractivity contribution < 1.29 is 0 Å². The molecular formula is C23H19N5. The second-order valence-electron chi connectivity index (χ2n) is 7.12. The van der Waals surface area contributed by atoms with Crippen LogP contribution in [-0.2, 0) is 19.5 Å². The van der Waals surface area contributed by atoms with Gasteiger partial charge in [0.25, 0.3) is 0 Å². The van der Waals surface area contributed by atoms with Crippen LogP contribution in [0, 0.1) is 11.3 Å². The first kappa shape index (κ1) is 16.7. The predicted molar refractivity (Wildman–Crippen MR) is 108 cm³/mol. The lowest BCUT2D eigenvalue weighted by molar-refractivity contribution is 0.243. The van der Waals surface area contributed by atoms with Gasteiger partial charge in [0.15, 0.2) is 0 Å². The normalized spacial score (nSPS) is 14.0. The monoisotopic (exact) mass is 365 g/mol. The second-order valence-corrected chi connectivity index (χ2v) is 7.12. The second kappa shape index (κ2) is 6.91. The molecule has 1 aliphatic rings. The highest BCUT2D eigenvalue weighted by Crippen LogP contribution is 2.24. The summed E-state index contributed by atoms with van der Waals surface area (Å²) in [5.74, 6) is 0.667. The number of nitriles is 1.